The summed E-state index contributed by atoms with van der Waals surface area (Å²) < 4.78 is 0. The van der Waals surface area contributed by atoms with E-state index in [1.54, 1.807) is 44.1 Å². The van der Waals surface area contributed by atoms with E-state index in [-0.39, 0.29) is 5.92 Å². The molecule has 8 nitrogen and oxygen atoms in total. The van der Waals surface area contributed by atoms with Gasteiger partial charge in [-0.15, -0.1) is 0 Å². The molecule has 0 atom stereocenters. The van der Waals surface area contributed by atoms with Gasteiger partial charge in [0.2, 0.25) is 0 Å². The number of aromatic nitrogens is 3. The molecule has 0 aliphatic heterocycles. The van der Waals surface area contributed by atoms with Crippen molar-refractivity contribution in [3.8, 4) is 0 Å². The normalized spacial score (nSPS) is 12.8. The number of nitrogens with one attached hydrogen (secondary N) is 3. The first-order valence-corrected chi connectivity index (χ1v) is 10.2. The molecule has 3 rings (SSSR count). The largest absolute Gasteiger partial charge is 0.404 e. The van der Waals surface area contributed by atoms with Crippen molar-refractivity contribution >= 4 is 28.1 Å². The van der Waals surface area contributed by atoms with Crippen molar-refractivity contribution < 1.29 is 0 Å². The number of nitrogens with zero attached hydrogens (tertiary/aromatic N) is 3. The Hall–Kier alpha value is -4.20. The zero-order valence-electron chi connectivity index (χ0n) is 18.4. The predicted molar refractivity (Wildman–Crippen MR) is 131 cm³/mol. The van der Waals surface area contributed by atoms with Crippen LogP contribution in [0.2, 0.25) is 0 Å². The third kappa shape index (κ3) is 5.28. The van der Waals surface area contributed by atoms with E-state index >= 15 is 0 Å². The number of anilines is 1. The lowest BCUT2D eigenvalue weighted by molar-refractivity contribution is 0.786. The fourth-order valence-electron chi connectivity index (χ4n) is 3.10. The average Bonchev–Trinajstić information content (AvgIpc) is 2.80. The van der Waals surface area contributed by atoms with E-state index in [1.807, 2.05) is 44.2 Å². The smallest absolute Gasteiger partial charge is 0.132 e. The molecular formula is C24H28N8. The van der Waals surface area contributed by atoms with Crippen LogP contribution in [0.15, 0.2) is 78.8 Å². The summed E-state index contributed by atoms with van der Waals surface area (Å²) in [6.45, 7) is 4.09. The van der Waals surface area contributed by atoms with Crippen LogP contribution in [-0.4, -0.2) is 27.7 Å². The summed E-state index contributed by atoms with van der Waals surface area (Å²) in [6, 6.07) is 9.25. The van der Waals surface area contributed by atoms with Gasteiger partial charge >= 0.3 is 0 Å². The van der Waals surface area contributed by atoms with Gasteiger partial charge in [-0.05, 0) is 54.1 Å². The molecule has 164 valence electrons. The van der Waals surface area contributed by atoms with Crippen molar-refractivity contribution in [2.75, 3.05) is 12.4 Å². The number of nitrogens with two attached hydrogens (primary N) is 2. The van der Waals surface area contributed by atoms with Crippen LogP contribution in [0.3, 0.4) is 0 Å². The Morgan fingerprint density at radius 3 is 2.59 bits per heavy atom. The second kappa shape index (κ2) is 10.2. The average molecular weight is 429 g/mol. The van der Waals surface area contributed by atoms with Crippen molar-refractivity contribution in [1.82, 2.24) is 20.3 Å². The second-order valence-corrected chi connectivity index (χ2v) is 7.47. The van der Waals surface area contributed by atoms with E-state index in [0.717, 1.165) is 16.7 Å². The summed E-state index contributed by atoms with van der Waals surface area (Å²) in [6.07, 6.45) is 10.2. The summed E-state index contributed by atoms with van der Waals surface area (Å²) in [7, 11) is 1.79. The van der Waals surface area contributed by atoms with Crippen molar-refractivity contribution in [3.05, 3.63) is 89.9 Å². The molecule has 0 aromatic carbocycles. The zero-order chi connectivity index (χ0) is 23.1. The summed E-state index contributed by atoms with van der Waals surface area (Å²) in [4.78, 5) is 13.3. The van der Waals surface area contributed by atoms with Crippen LogP contribution in [-0.2, 0) is 0 Å². The van der Waals surface area contributed by atoms with Gasteiger partial charge in [0.05, 0.1) is 16.7 Å². The van der Waals surface area contributed by atoms with Crippen LogP contribution >= 0.6 is 0 Å². The second-order valence-electron chi connectivity index (χ2n) is 7.47. The first kappa shape index (κ1) is 22.5. The lowest BCUT2D eigenvalue weighted by Crippen LogP contribution is -2.12. The molecular weight excluding hydrogens is 400 g/mol. The molecule has 0 fully saturated rings. The maximum absolute atomic E-state index is 8.64. The summed E-state index contributed by atoms with van der Waals surface area (Å²) >= 11 is 0. The van der Waals surface area contributed by atoms with Crippen molar-refractivity contribution in [1.29, 1.82) is 5.41 Å². The van der Waals surface area contributed by atoms with E-state index in [9.17, 15) is 0 Å². The number of pyridine rings is 3. The minimum atomic E-state index is 0.254. The molecule has 0 amide bonds. The molecule has 0 saturated heterocycles. The van der Waals surface area contributed by atoms with Crippen molar-refractivity contribution in [3.63, 3.8) is 0 Å². The van der Waals surface area contributed by atoms with Crippen molar-refractivity contribution in [2.45, 2.75) is 13.8 Å². The van der Waals surface area contributed by atoms with E-state index in [0.29, 0.717) is 34.0 Å². The maximum atomic E-state index is 8.64. The predicted octanol–water partition coefficient (Wildman–Crippen LogP) is 3.36. The van der Waals surface area contributed by atoms with Gasteiger partial charge < -0.3 is 22.1 Å². The third-order valence-corrected chi connectivity index (χ3v) is 4.81. The standard InChI is InChI=1S/C24H28N8/c1-15(2)17(11-25)10-22(26)32-23-7-6-20-21(31-23)9-18(13-30-20)19(14-28-3)24(27)16-5-4-8-29-12-16/h4-15,27-28H,25-26H2,1-3H3,(H,31,32)/b17-11+,19-14-,22-10+,27-24?. The molecule has 3 heterocycles. The highest BCUT2D eigenvalue weighted by molar-refractivity contribution is 6.30. The Morgan fingerprint density at radius 2 is 1.94 bits per heavy atom. The van der Waals surface area contributed by atoms with Crippen LogP contribution in [0, 0.1) is 11.3 Å². The highest BCUT2D eigenvalue weighted by Crippen LogP contribution is 2.23. The van der Waals surface area contributed by atoms with E-state index in [2.05, 4.69) is 25.6 Å². The SMILES string of the molecule is CN/C=C(\C(=N)c1cccnc1)c1cnc2ccc(N/C(N)=C/C(=C\N)C(C)C)nc2c1. The van der Waals surface area contributed by atoms with Crippen LogP contribution in [0.1, 0.15) is 25.0 Å². The molecule has 8 heteroatoms. The molecule has 0 bridgehead atoms. The highest BCUT2D eigenvalue weighted by Gasteiger charge is 2.13. The number of hydrogen-bond acceptors (Lipinski definition) is 8. The third-order valence-electron chi connectivity index (χ3n) is 4.81. The first-order valence-electron chi connectivity index (χ1n) is 10.2. The molecule has 3 aromatic rings. The molecule has 7 N–H and O–H groups in total. The Kier molecular flexibility index (Phi) is 7.17. The Morgan fingerprint density at radius 1 is 1.12 bits per heavy atom. The number of hydrogen-bond donors (Lipinski definition) is 5. The zero-order valence-corrected chi connectivity index (χ0v) is 18.4. The number of fused-ring (bicyclic) bond motifs is 1. The molecule has 3 aromatic heterocycles. The molecule has 0 unspecified atom stereocenters. The number of allylic oxidation sites excluding steroid dienone is 3. The minimum absolute atomic E-state index is 0.254. The van der Waals surface area contributed by atoms with Crippen molar-refractivity contribution in [2.24, 2.45) is 17.4 Å². The van der Waals surface area contributed by atoms with Gasteiger partial charge in [0.25, 0.3) is 0 Å². The van der Waals surface area contributed by atoms with Gasteiger partial charge in [-0.1, -0.05) is 13.8 Å². The lowest BCUT2D eigenvalue weighted by atomic mass is 9.98. The fourth-order valence-corrected chi connectivity index (χ4v) is 3.10. The fraction of sp³-hybridized carbons (Fsp3) is 0.167. The summed E-state index contributed by atoms with van der Waals surface area (Å²) in [5.41, 5.74) is 16.7. The molecule has 32 heavy (non-hydrogen) atoms. The Labute approximate surface area is 187 Å². The lowest BCUT2D eigenvalue weighted by Gasteiger charge is -2.12. The van der Waals surface area contributed by atoms with Gasteiger partial charge in [-0.3, -0.25) is 15.4 Å². The molecule has 0 spiro atoms. The number of rotatable bonds is 8. The van der Waals surface area contributed by atoms with E-state index in [4.69, 9.17) is 16.9 Å². The summed E-state index contributed by atoms with van der Waals surface area (Å²) in [5.74, 6) is 1.29. The Bertz CT molecular complexity index is 1190. The van der Waals surface area contributed by atoms with Crippen LogP contribution in [0.5, 0.6) is 0 Å². The van der Waals surface area contributed by atoms with Gasteiger partial charge in [0, 0.05) is 48.5 Å². The minimum Gasteiger partial charge on any atom is -0.404 e. The highest BCUT2D eigenvalue weighted by atomic mass is 15.1. The molecule has 0 saturated carbocycles. The van der Waals surface area contributed by atoms with E-state index < -0.39 is 0 Å². The van der Waals surface area contributed by atoms with Gasteiger partial charge in [0.15, 0.2) is 0 Å². The first-order chi connectivity index (χ1) is 15.4. The summed E-state index contributed by atoms with van der Waals surface area (Å²) in [5, 5.41) is 14.8. The van der Waals surface area contributed by atoms with Crippen LogP contribution in [0.25, 0.3) is 16.6 Å². The topological polar surface area (TPSA) is 139 Å². The monoisotopic (exact) mass is 428 g/mol. The molecule has 0 radical (unpaired) electrons. The van der Waals surface area contributed by atoms with Gasteiger partial charge in [0.1, 0.15) is 11.6 Å². The quantitative estimate of drug-likeness (QED) is 0.274. The molecule has 0 aliphatic rings. The maximum Gasteiger partial charge on any atom is 0.132 e. The van der Waals surface area contributed by atoms with Crippen LogP contribution in [0.4, 0.5) is 5.82 Å². The van der Waals surface area contributed by atoms with Gasteiger partial charge in [-0.25, -0.2) is 4.98 Å². The van der Waals surface area contributed by atoms with E-state index in [1.165, 1.54) is 0 Å². The van der Waals surface area contributed by atoms with Crippen LogP contribution < -0.4 is 22.1 Å². The molecule has 0 aliphatic carbocycles. The Balaban J connectivity index is 1.94. The van der Waals surface area contributed by atoms with Gasteiger partial charge in [-0.2, -0.15) is 0 Å².